The lowest BCUT2D eigenvalue weighted by Gasteiger charge is -2.27. The van der Waals surface area contributed by atoms with Crippen molar-refractivity contribution < 1.29 is 39.0 Å². The number of rotatable bonds is 18. The van der Waals surface area contributed by atoms with Crippen molar-refractivity contribution in [1.29, 1.82) is 0 Å². The van der Waals surface area contributed by atoms with Gasteiger partial charge in [-0.3, -0.25) is 24.0 Å². The van der Waals surface area contributed by atoms with Gasteiger partial charge < -0.3 is 43.4 Å². The molecular formula is C21H38N6O8. The molecule has 0 radical (unpaired) electrons. The average molecular weight is 503 g/mol. The summed E-state index contributed by atoms with van der Waals surface area (Å²) >= 11 is 0. The summed E-state index contributed by atoms with van der Waals surface area (Å²) in [5.74, 6) is -6.36. The van der Waals surface area contributed by atoms with Crippen LogP contribution < -0.4 is 33.2 Å². The second-order valence-electron chi connectivity index (χ2n) is 8.33. The van der Waals surface area contributed by atoms with Gasteiger partial charge in [0.2, 0.25) is 23.6 Å². The van der Waals surface area contributed by atoms with E-state index in [0.29, 0.717) is 25.8 Å². The number of primary amides is 1. The first kappa shape index (κ1) is 31.7. The summed E-state index contributed by atoms with van der Waals surface area (Å²) < 4.78 is 0. The molecule has 14 heteroatoms. The lowest BCUT2D eigenvalue weighted by Crippen LogP contribution is -2.59. The molecular weight excluding hydrogens is 464 g/mol. The van der Waals surface area contributed by atoms with Gasteiger partial charge in [0, 0.05) is 6.42 Å². The molecule has 0 spiro atoms. The maximum Gasteiger partial charge on any atom is 0.326 e. The van der Waals surface area contributed by atoms with Crippen molar-refractivity contribution in [3.63, 3.8) is 0 Å². The topological polar surface area (TPSA) is 257 Å². The van der Waals surface area contributed by atoms with E-state index in [4.69, 9.17) is 22.3 Å². The minimum Gasteiger partial charge on any atom is -0.481 e. The second-order valence-corrected chi connectivity index (χ2v) is 8.33. The maximum absolute atomic E-state index is 12.9. The van der Waals surface area contributed by atoms with Gasteiger partial charge in [0.05, 0.1) is 12.5 Å². The summed E-state index contributed by atoms with van der Waals surface area (Å²) in [5.41, 5.74) is 16.1. The van der Waals surface area contributed by atoms with Crippen molar-refractivity contribution in [1.82, 2.24) is 16.0 Å². The SMILES string of the molecule is CCC(C)C(NC(=O)C(CC(=O)O)NC(=O)C(N)CCC(N)=O)C(=O)NC(CCCCN)C(=O)O. The van der Waals surface area contributed by atoms with E-state index in [2.05, 4.69) is 16.0 Å². The van der Waals surface area contributed by atoms with Crippen molar-refractivity contribution in [3.8, 4) is 0 Å². The highest BCUT2D eigenvalue weighted by Crippen LogP contribution is 2.11. The highest BCUT2D eigenvalue weighted by Gasteiger charge is 2.33. The van der Waals surface area contributed by atoms with Crippen molar-refractivity contribution in [3.05, 3.63) is 0 Å². The van der Waals surface area contributed by atoms with Crippen LogP contribution in [0.4, 0.5) is 0 Å². The summed E-state index contributed by atoms with van der Waals surface area (Å²) in [4.78, 5) is 71.7. The molecule has 0 saturated carbocycles. The van der Waals surface area contributed by atoms with Gasteiger partial charge in [0.15, 0.2) is 0 Å². The minimum atomic E-state index is -1.57. The molecule has 11 N–H and O–H groups in total. The van der Waals surface area contributed by atoms with Crippen LogP contribution in [0.1, 0.15) is 58.8 Å². The van der Waals surface area contributed by atoms with E-state index in [9.17, 15) is 33.9 Å². The number of amides is 4. The van der Waals surface area contributed by atoms with E-state index in [1.54, 1.807) is 13.8 Å². The largest absolute Gasteiger partial charge is 0.481 e. The smallest absolute Gasteiger partial charge is 0.326 e. The number of hydrogen-bond donors (Lipinski definition) is 8. The van der Waals surface area contributed by atoms with E-state index in [-0.39, 0.29) is 19.3 Å². The lowest BCUT2D eigenvalue weighted by molar-refractivity contribution is -0.143. The molecule has 0 aliphatic carbocycles. The molecule has 14 nitrogen and oxygen atoms in total. The Hall–Kier alpha value is -3.26. The monoisotopic (exact) mass is 502 g/mol. The number of nitrogens with two attached hydrogens (primary N) is 3. The Labute approximate surface area is 203 Å². The predicted octanol–water partition coefficient (Wildman–Crippen LogP) is -2.23. The minimum absolute atomic E-state index is 0.110. The molecule has 4 amide bonds. The Kier molecular flexibility index (Phi) is 14.9. The Morgan fingerprint density at radius 2 is 1.46 bits per heavy atom. The van der Waals surface area contributed by atoms with E-state index >= 15 is 0 Å². The van der Waals surface area contributed by atoms with Crippen molar-refractivity contribution >= 4 is 35.6 Å². The summed E-state index contributed by atoms with van der Waals surface area (Å²) in [6.45, 7) is 3.77. The molecule has 200 valence electrons. The molecule has 0 bridgehead atoms. The van der Waals surface area contributed by atoms with E-state index in [1.165, 1.54) is 0 Å². The first-order chi connectivity index (χ1) is 16.3. The molecule has 5 atom stereocenters. The first-order valence-electron chi connectivity index (χ1n) is 11.4. The van der Waals surface area contributed by atoms with Crippen LogP contribution in [0, 0.1) is 5.92 Å². The van der Waals surface area contributed by atoms with Crippen LogP contribution >= 0.6 is 0 Å². The summed E-state index contributed by atoms with van der Waals surface area (Å²) in [5, 5.41) is 25.6. The van der Waals surface area contributed by atoms with Crippen molar-refractivity contribution in [2.24, 2.45) is 23.1 Å². The normalized spacial score (nSPS) is 15.1. The van der Waals surface area contributed by atoms with Crippen LogP contribution in [0.3, 0.4) is 0 Å². The molecule has 0 aliphatic rings. The van der Waals surface area contributed by atoms with Gasteiger partial charge in [-0.25, -0.2) is 4.79 Å². The molecule has 0 aromatic carbocycles. The number of carboxylic acid groups (broad SMARTS) is 2. The highest BCUT2D eigenvalue weighted by molar-refractivity contribution is 5.95. The lowest BCUT2D eigenvalue weighted by atomic mass is 9.97. The number of carbonyl (C=O) groups is 6. The fraction of sp³-hybridized carbons (Fsp3) is 0.714. The quantitative estimate of drug-likeness (QED) is 0.0935. The summed E-state index contributed by atoms with van der Waals surface area (Å²) in [7, 11) is 0. The number of carboxylic acids is 2. The van der Waals surface area contributed by atoms with Gasteiger partial charge in [-0.15, -0.1) is 0 Å². The molecule has 0 aromatic rings. The van der Waals surface area contributed by atoms with Gasteiger partial charge in [-0.1, -0.05) is 20.3 Å². The van der Waals surface area contributed by atoms with Gasteiger partial charge in [-0.2, -0.15) is 0 Å². The molecule has 35 heavy (non-hydrogen) atoms. The van der Waals surface area contributed by atoms with Gasteiger partial charge in [0.1, 0.15) is 18.1 Å². The number of unbranched alkanes of at least 4 members (excludes halogenated alkanes) is 1. The summed E-state index contributed by atoms with van der Waals surface area (Å²) in [6, 6.07) is -5.18. The molecule has 0 heterocycles. The van der Waals surface area contributed by atoms with E-state index in [0.717, 1.165) is 0 Å². The molecule has 0 aromatic heterocycles. The zero-order valence-electron chi connectivity index (χ0n) is 20.1. The van der Waals surface area contributed by atoms with Gasteiger partial charge >= 0.3 is 11.9 Å². The number of hydrogen-bond acceptors (Lipinski definition) is 8. The fourth-order valence-corrected chi connectivity index (χ4v) is 3.06. The average Bonchev–Trinajstić information content (AvgIpc) is 2.78. The molecule has 0 rings (SSSR count). The van der Waals surface area contributed by atoms with E-state index in [1.807, 2.05) is 0 Å². The molecule has 0 aliphatic heterocycles. The second kappa shape index (κ2) is 16.4. The summed E-state index contributed by atoms with van der Waals surface area (Å²) in [6.07, 6.45) is 0.515. The number of nitrogens with one attached hydrogen (secondary N) is 3. The number of carbonyl (C=O) groups excluding carboxylic acids is 4. The Bertz CT molecular complexity index is 762. The first-order valence-corrected chi connectivity index (χ1v) is 11.4. The zero-order valence-corrected chi connectivity index (χ0v) is 20.1. The third-order valence-electron chi connectivity index (χ3n) is 5.40. The van der Waals surface area contributed by atoms with Crippen LogP contribution in [-0.4, -0.2) is 76.5 Å². The zero-order chi connectivity index (χ0) is 27.1. The third kappa shape index (κ3) is 12.7. The predicted molar refractivity (Wildman–Crippen MR) is 124 cm³/mol. The molecule has 0 saturated heterocycles. The van der Waals surface area contributed by atoms with Crippen molar-refractivity contribution in [2.45, 2.75) is 83.0 Å². The van der Waals surface area contributed by atoms with Gasteiger partial charge in [0.25, 0.3) is 0 Å². The molecule has 5 unspecified atom stereocenters. The Morgan fingerprint density at radius 3 is 1.94 bits per heavy atom. The maximum atomic E-state index is 12.9. The van der Waals surface area contributed by atoms with Gasteiger partial charge in [-0.05, 0) is 38.1 Å². The standard InChI is InChI=1S/C21H38N6O8/c1-3-11(2)17(20(33)25-13(21(34)35)6-4-5-9-22)27-19(32)14(10-16(29)30)26-18(31)12(23)7-8-15(24)28/h11-14,17H,3-10,22-23H2,1-2H3,(H2,24,28)(H,25,33)(H,26,31)(H,27,32)(H,29,30)(H,34,35). The Balaban J connectivity index is 5.50. The molecule has 0 fully saturated rings. The Morgan fingerprint density at radius 1 is 0.857 bits per heavy atom. The van der Waals surface area contributed by atoms with Crippen LogP contribution in [0.25, 0.3) is 0 Å². The highest BCUT2D eigenvalue weighted by atomic mass is 16.4. The van der Waals surface area contributed by atoms with Crippen molar-refractivity contribution in [2.75, 3.05) is 6.54 Å². The fourth-order valence-electron chi connectivity index (χ4n) is 3.06. The van der Waals surface area contributed by atoms with Crippen LogP contribution in [-0.2, 0) is 28.8 Å². The van der Waals surface area contributed by atoms with E-state index < -0.39 is 72.1 Å². The van der Waals surface area contributed by atoms with Crippen LogP contribution in [0.2, 0.25) is 0 Å². The third-order valence-corrected chi connectivity index (χ3v) is 5.40. The van der Waals surface area contributed by atoms with Crippen LogP contribution in [0.15, 0.2) is 0 Å². The number of aliphatic carboxylic acids is 2. The van der Waals surface area contributed by atoms with Crippen LogP contribution in [0.5, 0.6) is 0 Å².